The molecule has 1 amide bonds. The van der Waals surface area contributed by atoms with Crippen LogP contribution in [0, 0.1) is 5.82 Å². The van der Waals surface area contributed by atoms with Gasteiger partial charge in [0.2, 0.25) is 5.91 Å². The summed E-state index contributed by atoms with van der Waals surface area (Å²) in [5.74, 6) is -1.20. The van der Waals surface area contributed by atoms with Crippen LogP contribution in [0.1, 0.15) is 18.9 Å². The molecule has 0 aliphatic rings. The minimum atomic E-state index is -3.60. The lowest BCUT2D eigenvalue weighted by atomic mass is 10.1. The Hall–Kier alpha value is -2.21. The first-order chi connectivity index (χ1) is 10.9. The van der Waals surface area contributed by atoms with Crippen LogP contribution >= 0.6 is 0 Å². The van der Waals surface area contributed by atoms with E-state index in [0.717, 1.165) is 24.1 Å². The maximum atomic E-state index is 12.8. The summed E-state index contributed by atoms with van der Waals surface area (Å²) < 4.78 is 37.0. The Balaban J connectivity index is 1.93. The van der Waals surface area contributed by atoms with Crippen LogP contribution in [-0.4, -0.2) is 20.1 Å². The molecule has 6 heteroatoms. The van der Waals surface area contributed by atoms with Crippen molar-refractivity contribution < 1.29 is 17.6 Å². The Bertz CT molecular complexity index is 768. The molecule has 2 rings (SSSR count). The van der Waals surface area contributed by atoms with Crippen LogP contribution in [-0.2, 0) is 21.1 Å². The van der Waals surface area contributed by atoms with Gasteiger partial charge in [-0.25, -0.2) is 12.8 Å². The zero-order chi connectivity index (χ0) is 16.9. The van der Waals surface area contributed by atoms with Crippen LogP contribution in [0.2, 0.25) is 0 Å². The van der Waals surface area contributed by atoms with Crippen LogP contribution < -0.4 is 5.32 Å². The Morgan fingerprint density at radius 2 is 1.65 bits per heavy atom. The molecule has 0 unspecified atom stereocenters. The zero-order valence-corrected chi connectivity index (χ0v) is 13.6. The molecule has 0 atom stereocenters. The number of carbonyl (C=O) groups is 1. The van der Waals surface area contributed by atoms with E-state index >= 15 is 0 Å². The molecule has 1 N–H and O–H groups in total. The van der Waals surface area contributed by atoms with Gasteiger partial charge in [0.05, 0.1) is 10.6 Å². The molecule has 0 bridgehead atoms. The van der Waals surface area contributed by atoms with E-state index in [2.05, 4.69) is 5.32 Å². The lowest BCUT2D eigenvalue weighted by molar-refractivity contribution is -0.115. The monoisotopic (exact) mass is 335 g/mol. The smallest absolute Gasteiger partial charge is 0.225 e. The molecule has 0 fully saturated rings. The topological polar surface area (TPSA) is 63.2 Å². The summed E-state index contributed by atoms with van der Waals surface area (Å²) in [7, 11) is -3.60. The van der Waals surface area contributed by atoms with Gasteiger partial charge in [-0.1, -0.05) is 19.1 Å². The lowest BCUT2D eigenvalue weighted by Gasteiger charge is -2.07. The summed E-state index contributed by atoms with van der Waals surface area (Å²) in [6.07, 6.45) is 0.749. The number of amides is 1. The standard InChI is InChI=1S/C17H18FNO3S/c1-2-13-3-7-15(8-4-13)19-17(20)11-12-23(21,22)16-9-5-14(18)6-10-16/h3-10H,2,11-12H2,1H3,(H,19,20). The fourth-order valence-corrected chi connectivity index (χ4v) is 3.27. The second-order valence-electron chi connectivity index (χ2n) is 5.12. The molecule has 4 nitrogen and oxygen atoms in total. The number of hydrogen-bond acceptors (Lipinski definition) is 3. The van der Waals surface area contributed by atoms with Crippen LogP contribution in [0.15, 0.2) is 53.4 Å². The normalized spacial score (nSPS) is 11.2. The SMILES string of the molecule is CCc1ccc(NC(=O)CCS(=O)(=O)c2ccc(F)cc2)cc1. The highest BCUT2D eigenvalue weighted by Crippen LogP contribution is 2.14. The van der Waals surface area contributed by atoms with E-state index in [-0.39, 0.29) is 23.0 Å². The van der Waals surface area contributed by atoms with E-state index in [1.807, 2.05) is 19.1 Å². The number of carbonyl (C=O) groups excluding carboxylic acids is 1. The molecule has 2 aromatic rings. The van der Waals surface area contributed by atoms with E-state index in [1.165, 1.54) is 12.1 Å². The minimum Gasteiger partial charge on any atom is -0.326 e. The highest BCUT2D eigenvalue weighted by Gasteiger charge is 2.16. The van der Waals surface area contributed by atoms with Crippen LogP contribution in [0.4, 0.5) is 10.1 Å². The summed E-state index contributed by atoms with van der Waals surface area (Å²) in [6, 6.07) is 12.0. The van der Waals surface area contributed by atoms with E-state index in [0.29, 0.717) is 5.69 Å². The van der Waals surface area contributed by atoms with Crippen molar-refractivity contribution in [2.75, 3.05) is 11.1 Å². The van der Waals surface area contributed by atoms with Crippen molar-refractivity contribution in [3.63, 3.8) is 0 Å². The molecular formula is C17H18FNO3S. The molecule has 0 aliphatic carbocycles. The van der Waals surface area contributed by atoms with Crippen molar-refractivity contribution in [2.45, 2.75) is 24.7 Å². The van der Waals surface area contributed by atoms with Gasteiger partial charge in [-0.3, -0.25) is 4.79 Å². The molecule has 122 valence electrons. The van der Waals surface area contributed by atoms with E-state index < -0.39 is 15.7 Å². The average molecular weight is 335 g/mol. The van der Waals surface area contributed by atoms with E-state index in [9.17, 15) is 17.6 Å². The number of halogens is 1. The van der Waals surface area contributed by atoms with Gasteiger partial charge in [-0.05, 0) is 48.4 Å². The van der Waals surface area contributed by atoms with E-state index in [1.54, 1.807) is 12.1 Å². The summed E-state index contributed by atoms with van der Waals surface area (Å²) in [4.78, 5) is 11.9. The number of sulfone groups is 1. The van der Waals surface area contributed by atoms with Crippen LogP contribution in [0.3, 0.4) is 0 Å². The average Bonchev–Trinajstić information content (AvgIpc) is 2.54. The second-order valence-corrected chi connectivity index (χ2v) is 7.23. The number of benzene rings is 2. The first kappa shape index (κ1) is 17.1. The Morgan fingerprint density at radius 1 is 1.04 bits per heavy atom. The quantitative estimate of drug-likeness (QED) is 0.825. The minimum absolute atomic E-state index is 0.0130. The predicted octanol–water partition coefficient (Wildman–Crippen LogP) is 3.19. The summed E-state index contributed by atoms with van der Waals surface area (Å²) in [5.41, 5.74) is 1.79. The van der Waals surface area contributed by atoms with Crippen LogP contribution in [0.25, 0.3) is 0 Å². The second kappa shape index (κ2) is 7.37. The first-order valence-corrected chi connectivity index (χ1v) is 8.93. The van der Waals surface area contributed by atoms with Crippen molar-refractivity contribution in [3.8, 4) is 0 Å². The third-order valence-electron chi connectivity index (χ3n) is 3.42. The van der Waals surface area contributed by atoms with Crippen LogP contribution in [0.5, 0.6) is 0 Å². The highest BCUT2D eigenvalue weighted by molar-refractivity contribution is 7.91. The summed E-state index contributed by atoms with van der Waals surface area (Å²) >= 11 is 0. The first-order valence-electron chi connectivity index (χ1n) is 7.28. The molecule has 0 saturated carbocycles. The molecule has 2 aromatic carbocycles. The molecule has 0 radical (unpaired) electrons. The number of aryl methyl sites for hydroxylation is 1. The molecule has 0 heterocycles. The van der Waals surface area contributed by atoms with Gasteiger partial charge in [0.15, 0.2) is 9.84 Å². The van der Waals surface area contributed by atoms with Gasteiger partial charge in [0.1, 0.15) is 5.82 Å². The van der Waals surface area contributed by atoms with Gasteiger partial charge >= 0.3 is 0 Å². The van der Waals surface area contributed by atoms with Crippen molar-refractivity contribution >= 4 is 21.4 Å². The van der Waals surface area contributed by atoms with Crippen molar-refractivity contribution in [2.24, 2.45) is 0 Å². The number of rotatable bonds is 6. The third-order valence-corrected chi connectivity index (χ3v) is 5.15. The fourth-order valence-electron chi connectivity index (χ4n) is 2.03. The van der Waals surface area contributed by atoms with Crippen molar-refractivity contribution in [1.82, 2.24) is 0 Å². The molecule has 0 saturated heterocycles. The highest BCUT2D eigenvalue weighted by atomic mass is 32.2. The zero-order valence-electron chi connectivity index (χ0n) is 12.8. The molecule has 0 aromatic heterocycles. The maximum Gasteiger partial charge on any atom is 0.225 e. The third kappa shape index (κ3) is 4.89. The van der Waals surface area contributed by atoms with Gasteiger partial charge in [0.25, 0.3) is 0 Å². The molecule has 0 aliphatic heterocycles. The Morgan fingerprint density at radius 3 is 2.22 bits per heavy atom. The fraction of sp³-hybridized carbons (Fsp3) is 0.235. The van der Waals surface area contributed by atoms with Gasteiger partial charge < -0.3 is 5.32 Å². The van der Waals surface area contributed by atoms with E-state index in [4.69, 9.17) is 0 Å². The number of nitrogens with one attached hydrogen (secondary N) is 1. The van der Waals surface area contributed by atoms with Crippen molar-refractivity contribution in [3.05, 3.63) is 59.9 Å². The molecular weight excluding hydrogens is 317 g/mol. The molecule has 23 heavy (non-hydrogen) atoms. The van der Waals surface area contributed by atoms with Crippen molar-refractivity contribution in [1.29, 1.82) is 0 Å². The number of hydrogen-bond donors (Lipinski definition) is 1. The van der Waals surface area contributed by atoms with Gasteiger partial charge in [0, 0.05) is 12.1 Å². The largest absolute Gasteiger partial charge is 0.326 e. The summed E-state index contributed by atoms with van der Waals surface area (Å²) in [6.45, 7) is 2.04. The number of anilines is 1. The summed E-state index contributed by atoms with van der Waals surface area (Å²) in [5, 5.41) is 2.66. The van der Waals surface area contributed by atoms with Gasteiger partial charge in [-0.15, -0.1) is 0 Å². The Labute approximate surface area is 135 Å². The Kier molecular flexibility index (Phi) is 5.50. The lowest BCUT2D eigenvalue weighted by Crippen LogP contribution is -2.17. The predicted molar refractivity (Wildman–Crippen MR) is 87.5 cm³/mol. The maximum absolute atomic E-state index is 12.8. The van der Waals surface area contributed by atoms with Gasteiger partial charge in [-0.2, -0.15) is 0 Å². The molecule has 0 spiro atoms.